The normalized spacial score (nSPS) is 28.2. The molecule has 0 aromatic carbocycles. The number of hydrogen-bond donors (Lipinski definition) is 2. The predicted octanol–water partition coefficient (Wildman–Crippen LogP) is 1.78. The standard InChI is InChI=1S/C17H28N2O4/c1-3-14(4-2)19-10-12(9-15(19)20)16(21)18-13-7-5-11(6-8-13)17(22)23/h11-14H,3-10H2,1-2H3,(H,18,21)(H,22,23). The number of carbonyl (C=O) groups is 3. The molecular formula is C17H28N2O4. The van der Waals surface area contributed by atoms with Crippen molar-refractivity contribution in [3.63, 3.8) is 0 Å². The number of amides is 2. The minimum absolute atomic E-state index is 0.0504. The van der Waals surface area contributed by atoms with Crippen LogP contribution in [0.15, 0.2) is 0 Å². The van der Waals surface area contributed by atoms with Crippen molar-refractivity contribution in [1.29, 1.82) is 0 Å². The largest absolute Gasteiger partial charge is 0.481 e. The lowest BCUT2D eigenvalue weighted by Crippen LogP contribution is -2.43. The number of carbonyl (C=O) groups excluding carboxylic acids is 2. The van der Waals surface area contributed by atoms with Crippen LogP contribution in [0.4, 0.5) is 0 Å². The summed E-state index contributed by atoms with van der Waals surface area (Å²) in [5, 5.41) is 12.0. The van der Waals surface area contributed by atoms with Crippen molar-refractivity contribution in [3.8, 4) is 0 Å². The Morgan fingerprint density at radius 1 is 1.17 bits per heavy atom. The summed E-state index contributed by atoms with van der Waals surface area (Å²) in [6.45, 7) is 4.65. The van der Waals surface area contributed by atoms with Crippen molar-refractivity contribution in [1.82, 2.24) is 10.2 Å². The van der Waals surface area contributed by atoms with E-state index in [1.807, 2.05) is 4.90 Å². The molecule has 2 amide bonds. The topological polar surface area (TPSA) is 86.7 Å². The van der Waals surface area contributed by atoms with Gasteiger partial charge >= 0.3 is 5.97 Å². The van der Waals surface area contributed by atoms with Crippen LogP contribution < -0.4 is 5.32 Å². The molecule has 0 aromatic heterocycles. The van der Waals surface area contributed by atoms with Gasteiger partial charge in [-0.15, -0.1) is 0 Å². The second kappa shape index (κ2) is 7.79. The first kappa shape index (κ1) is 17.8. The van der Waals surface area contributed by atoms with Gasteiger partial charge in [-0.3, -0.25) is 14.4 Å². The van der Waals surface area contributed by atoms with Gasteiger partial charge in [-0.05, 0) is 38.5 Å². The second-order valence-corrected chi connectivity index (χ2v) is 6.81. The SMILES string of the molecule is CCC(CC)N1CC(C(=O)NC2CCC(C(=O)O)CC2)CC1=O. The Labute approximate surface area is 137 Å². The van der Waals surface area contributed by atoms with Crippen molar-refractivity contribution in [3.05, 3.63) is 0 Å². The van der Waals surface area contributed by atoms with E-state index in [1.165, 1.54) is 0 Å². The fraction of sp³-hybridized carbons (Fsp3) is 0.824. The predicted molar refractivity (Wildman–Crippen MR) is 85.7 cm³/mol. The summed E-state index contributed by atoms with van der Waals surface area (Å²) < 4.78 is 0. The fourth-order valence-corrected chi connectivity index (χ4v) is 3.79. The second-order valence-electron chi connectivity index (χ2n) is 6.81. The molecule has 1 atom stereocenters. The molecule has 6 nitrogen and oxygen atoms in total. The average Bonchev–Trinajstić information content (AvgIpc) is 2.91. The Bertz CT molecular complexity index is 454. The van der Waals surface area contributed by atoms with E-state index in [0.29, 0.717) is 38.6 Å². The van der Waals surface area contributed by atoms with E-state index in [4.69, 9.17) is 5.11 Å². The van der Waals surface area contributed by atoms with Gasteiger partial charge in [0.15, 0.2) is 0 Å². The van der Waals surface area contributed by atoms with Crippen LogP contribution in [0.1, 0.15) is 58.8 Å². The zero-order chi connectivity index (χ0) is 17.0. The first-order valence-electron chi connectivity index (χ1n) is 8.78. The Kier molecular flexibility index (Phi) is 6.02. The highest BCUT2D eigenvalue weighted by molar-refractivity contribution is 5.89. The molecule has 130 valence electrons. The Balaban J connectivity index is 1.83. The third kappa shape index (κ3) is 4.24. The van der Waals surface area contributed by atoms with Crippen LogP contribution in [0, 0.1) is 11.8 Å². The van der Waals surface area contributed by atoms with Crippen molar-refractivity contribution >= 4 is 17.8 Å². The number of hydrogen-bond acceptors (Lipinski definition) is 3. The van der Waals surface area contributed by atoms with Crippen LogP contribution in [0.25, 0.3) is 0 Å². The Morgan fingerprint density at radius 3 is 2.30 bits per heavy atom. The van der Waals surface area contributed by atoms with E-state index in [1.54, 1.807) is 0 Å². The molecule has 0 radical (unpaired) electrons. The highest BCUT2D eigenvalue weighted by Gasteiger charge is 2.37. The first-order valence-corrected chi connectivity index (χ1v) is 8.78. The molecule has 1 unspecified atom stereocenters. The summed E-state index contributed by atoms with van der Waals surface area (Å²) in [5.74, 6) is -1.25. The molecule has 2 aliphatic rings. The van der Waals surface area contributed by atoms with E-state index in [0.717, 1.165) is 12.8 Å². The summed E-state index contributed by atoms with van der Waals surface area (Å²) in [6.07, 6.45) is 4.77. The van der Waals surface area contributed by atoms with Crippen LogP contribution in [-0.2, 0) is 14.4 Å². The molecule has 23 heavy (non-hydrogen) atoms. The summed E-state index contributed by atoms with van der Waals surface area (Å²) in [7, 11) is 0. The van der Waals surface area contributed by atoms with Gasteiger partial charge in [0.1, 0.15) is 0 Å². The van der Waals surface area contributed by atoms with Gasteiger partial charge < -0.3 is 15.3 Å². The van der Waals surface area contributed by atoms with Gasteiger partial charge in [-0.2, -0.15) is 0 Å². The number of rotatable bonds is 6. The maximum atomic E-state index is 12.4. The summed E-state index contributed by atoms with van der Waals surface area (Å²) in [5.41, 5.74) is 0. The zero-order valence-corrected chi connectivity index (χ0v) is 14.1. The quantitative estimate of drug-likeness (QED) is 0.780. The monoisotopic (exact) mass is 324 g/mol. The number of likely N-dealkylation sites (tertiary alicyclic amines) is 1. The maximum absolute atomic E-state index is 12.4. The smallest absolute Gasteiger partial charge is 0.306 e. The van der Waals surface area contributed by atoms with Crippen LogP contribution >= 0.6 is 0 Å². The minimum atomic E-state index is -0.739. The van der Waals surface area contributed by atoms with Gasteiger partial charge in [0.05, 0.1) is 11.8 Å². The molecule has 1 aliphatic carbocycles. The lowest BCUT2D eigenvalue weighted by molar-refractivity contribution is -0.143. The summed E-state index contributed by atoms with van der Waals surface area (Å²) >= 11 is 0. The molecule has 0 aromatic rings. The number of carboxylic acid groups (broad SMARTS) is 1. The van der Waals surface area contributed by atoms with Gasteiger partial charge in [0, 0.05) is 25.0 Å². The molecule has 0 bridgehead atoms. The highest BCUT2D eigenvalue weighted by Crippen LogP contribution is 2.26. The number of nitrogens with one attached hydrogen (secondary N) is 1. The lowest BCUT2D eigenvalue weighted by Gasteiger charge is -2.28. The molecule has 6 heteroatoms. The van der Waals surface area contributed by atoms with Crippen LogP contribution in [-0.4, -0.2) is 46.4 Å². The highest BCUT2D eigenvalue weighted by atomic mass is 16.4. The van der Waals surface area contributed by atoms with Crippen molar-refractivity contribution < 1.29 is 19.5 Å². The fourth-order valence-electron chi connectivity index (χ4n) is 3.79. The molecular weight excluding hydrogens is 296 g/mol. The van der Waals surface area contributed by atoms with E-state index >= 15 is 0 Å². The van der Waals surface area contributed by atoms with E-state index < -0.39 is 5.97 Å². The third-order valence-electron chi connectivity index (χ3n) is 5.34. The molecule has 2 N–H and O–H groups in total. The van der Waals surface area contributed by atoms with Crippen molar-refractivity contribution in [2.24, 2.45) is 11.8 Å². The maximum Gasteiger partial charge on any atom is 0.306 e. The van der Waals surface area contributed by atoms with Gasteiger partial charge in [-0.1, -0.05) is 13.8 Å². The number of aliphatic carboxylic acids is 1. The van der Waals surface area contributed by atoms with E-state index in [2.05, 4.69) is 19.2 Å². The summed E-state index contributed by atoms with van der Waals surface area (Å²) in [6, 6.07) is 0.279. The van der Waals surface area contributed by atoms with Crippen molar-refractivity contribution in [2.45, 2.75) is 70.9 Å². The third-order valence-corrected chi connectivity index (χ3v) is 5.34. The molecule has 1 saturated carbocycles. The molecule has 1 saturated heterocycles. The summed E-state index contributed by atoms with van der Waals surface area (Å²) in [4.78, 5) is 37.4. The Hall–Kier alpha value is -1.59. The average molecular weight is 324 g/mol. The van der Waals surface area contributed by atoms with Crippen molar-refractivity contribution in [2.75, 3.05) is 6.54 Å². The van der Waals surface area contributed by atoms with Gasteiger partial charge in [-0.25, -0.2) is 0 Å². The van der Waals surface area contributed by atoms with Gasteiger partial charge in [0.2, 0.25) is 11.8 Å². The van der Waals surface area contributed by atoms with Crippen LogP contribution in [0.3, 0.4) is 0 Å². The van der Waals surface area contributed by atoms with Crippen LogP contribution in [0.5, 0.6) is 0 Å². The molecule has 2 rings (SSSR count). The van der Waals surface area contributed by atoms with E-state index in [9.17, 15) is 14.4 Å². The van der Waals surface area contributed by atoms with Gasteiger partial charge in [0.25, 0.3) is 0 Å². The number of nitrogens with zero attached hydrogens (tertiary/aromatic N) is 1. The minimum Gasteiger partial charge on any atom is -0.481 e. The number of carboxylic acids is 1. The Morgan fingerprint density at radius 2 is 1.78 bits per heavy atom. The molecule has 2 fully saturated rings. The molecule has 0 spiro atoms. The van der Waals surface area contributed by atoms with E-state index in [-0.39, 0.29) is 35.7 Å². The zero-order valence-electron chi connectivity index (χ0n) is 14.1. The molecule has 1 heterocycles. The van der Waals surface area contributed by atoms with Crippen LogP contribution in [0.2, 0.25) is 0 Å². The lowest BCUT2D eigenvalue weighted by atomic mass is 9.86. The first-order chi connectivity index (χ1) is 11.0. The molecule has 1 aliphatic heterocycles.